The number of carbonyl (C=O) groups excluding carboxylic acids is 1. The highest BCUT2D eigenvalue weighted by molar-refractivity contribution is 6.10. The van der Waals surface area contributed by atoms with Crippen molar-refractivity contribution in [3.05, 3.63) is 125 Å². The van der Waals surface area contributed by atoms with Crippen molar-refractivity contribution in [1.29, 1.82) is 0 Å². The van der Waals surface area contributed by atoms with Gasteiger partial charge < -0.3 is 5.32 Å². The Morgan fingerprint density at radius 2 is 1.42 bits per heavy atom. The predicted molar refractivity (Wildman–Crippen MR) is 129 cm³/mol. The molecule has 0 aliphatic rings. The van der Waals surface area contributed by atoms with E-state index in [1.54, 1.807) is 36.5 Å². The molecular formula is C27H20N4O2. The maximum atomic E-state index is 13.2. The van der Waals surface area contributed by atoms with Crippen molar-refractivity contribution in [3.8, 4) is 11.1 Å². The Balaban J connectivity index is 1.48. The Morgan fingerprint density at radius 3 is 2.12 bits per heavy atom. The van der Waals surface area contributed by atoms with Gasteiger partial charge in [-0.1, -0.05) is 78.9 Å². The van der Waals surface area contributed by atoms with E-state index in [0.717, 1.165) is 16.7 Å². The van der Waals surface area contributed by atoms with Gasteiger partial charge in [0, 0.05) is 17.1 Å². The van der Waals surface area contributed by atoms with Crippen molar-refractivity contribution >= 4 is 22.5 Å². The van der Waals surface area contributed by atoms with Crippen LogP contribution in [0.25, 0.3) is 21.9 Å². The molecule has 5 aromatic rings. The molecule has 0 aliphatic carbocycles. The van der Waals surface area contributed by atoms with E-state index < -0.39 is 5.91 Å². The second kappa shape index (κ2) is 8.88. The van der Waals surface area contributed by atoms with Gasteiger partial charge in [-0.15, -0.1) is 0 Å². The summed E-state index contributed by atoms with van der Waals surface area (Å²) < 4.78 is 1.33. The largest absolute Gasteiger partial charge is 0.305 e. The minimum atomic E-state index is -0.423. The number of hydrogen-bond acceptors (Lipinski definition) is 4. The smallest absolute Gasteiger partial charge is 0.277 e. The van der Waals surface area contributed by atoms with Crippen LogP contribution in [-0.4, -0.2) is 20.7 Å². The molecule has 1 amide bonds. The molecule has 2 heterocycles. The number of fused-ring (bicyclic) bond motifs is 1. The lowest BCUT2D eigenvalue weighted by atomic mass is 10.1. The van der Waals surface area contributed by atoms with Crippen molar-refractivity contribution in [2.45, 2.75) is 6.54 Å². The van der Waals surface area contributed by atoms with E-state index in [0.29, 0.717) is 16.6 Å². The first-order valence-electron chi connectivity index (χ1n) is 10.6. The van der Waals surface area contributed by atoms with Gasteiger partial charge in [-0.3, -0.25) is 9.59 Å². The van der Waals surface area contributed by atoms with E-state index in [4.69, 9.17) is 0 Å². The normalized spacial score (nSPS) is 10.8. The van der Waals surface area contributed by atoms with Crippen molar-refractivity contribution in [2.75, 3.05) is 5.32 Å². The predicted octanol–water partition coefficient (Wildman–Crippen LogP) is 4.76. The van der Waals surface area contributed by atoms with Crippen LogP contribution in [0.4, 0.5) is 5.82 Å². The number of carbonyl (C=O) groups is 1. The van der Waals surface area contributed by atoms with Gasteiger partial charge in [0.15, 0.2) is 5.69 Å². The SMILES string of the molecule is O=C(Nc1ccc(-c2ccccc2)cn1)c1nn(Cc2ccccc2)c(=O)c2ccccc12. The highest BCUT2D eigenvalue weighted by atomic mass is 16.2. The summed E-state index contributed by atoms with van der Waals surface area (Å²) in [5.41, 5.74) is 2.86. The van der Waals surface area contributed by atoms with Gasteiger partial charge in [-0.2, -0.15) is 5.10 Å². The molecule has 0 unspecified atom stereocenters. The summed E-state index contributed by atoms with van der Waals surface area (Å²) in [5.74, 6) is -0.0145. The van der Waals surface area contributed by atoms with Crippen LogP contribution < -0.4 is 10.9 Å². The minimum Gasteiger partial charge on any atom is -0.305 e. The molecule has 5 rings (SSSR count). The third kappa shape index (κ3) is 4.27. The molecule has 0 spiro atoms. The summed E-state index contributed by atoms with van der Waals surface area (Å²) in [4.78, 5) is 30.5. The molecule has 0 radical (unpaired) electrons. The van der Waals surface area contributed by atoms with Crippen molar-refractivity contribution in [1.82, 2.24) is 14.8 Å². The third-order valence-electron chi connectivity index (χ3n) is 5.37. The lowest BCUT2D eigenvalue weighted by Crippen LogP contribution is -2.28. The number of aromatic nitrogens is 3. The van der Waals surface area contributed by atoms with Crippen molar-refractivity contribution < 1.29 is 4.79 Å². The number of nitrogens with one attached hydrogen (secondary N) is 1. The summed E-state index contributed by atoms with van der Waals surface area (Å²) in [5, 5.41) is 8.18. The molecule has 0 fully saturated rings. The third-order valence-corrected chi connectivity index (χ3v) is 5.37. The van der Waals surface area contributed by atoms with Crippen LogP contribution >= 0.6 is 0 Å². The topological polar surface area (TPSA) is 76.9 Å². The number of pyridine rings is 1. The number of rotatable bonds is 5. The second-order valence-corrected chi connectivity index (χ2v) is 7.59. The molecule has 0 atom stereocenters. The van der Waals surface area contributed by atoms with Crippen LogP contribution in [0.1, 0.15) is 16.1 Å². The Kier molecular flexibility index (Phi) is 5.47. The highest BCUT2D eigenvalue weighted by Crippen LogP contribution is 2.20. The van der Waals surface area contributed by atoms with E-state index in [1.807, 2.05) is 66.7 Å². The van der Waals surface area contributed by atoms with Gasteiger partial charge in [0.25, 0.3) is 11.5 Å². The van der Waals surface area contributed by atoms with Gasteiger partial charge >= 0.3 is 0 Å². The Bertz CT molecular complexity index is 1480. The van der Waals surface area contributed by atoms with Crippen LogP contribution in [-0.2, 0) is 6.54 Å². The fourth-order valence-corrected chi connectivity index (χ4v) is 3.71. The minimum absolute atomic E-state index is 0.176. The Hall–Kier alpha value is -4.58. The fourth-order valence-electron chi connectivity index (χ4n) is 3.71. The molecular weight excluding hydrogens is 412 g/mol. The Morgan fingerprint density at radius 1 is 0.758 bits per heavy atom. The summed E-state index contributed by atoms with van der Waals surface area (Å²) in [6, 6.07) is 30.1. The average Bonchev–Trinajstić information content (AvgIpc) is 2.87. The first kappa shape index (κ1) is 20.3. The summed E-state index contributed by atoms with van der Waals surface area (Å²) in [6.45, 7) is 0.273. The molecule has 6 heteroatoms. The van der Waals surface area contributed by atoms with Gasteiger partial charge in [0.05, 0.1) is 11.9 Å². The van der Waals surface area contributed by atoms with E-state index >= 15 is 0 Å². The molecule has 0 bridgehead atoms. The zero-order chi connectivity index (χ0) is 22.6. The van der Waals surface area contributed by atoms with E-state index in [1.165, 1.54) is 4.68 Å². The quantitative estimate of drug-likeness (QED) is 0.434. The van der Waals surface area contributed by atoms with Gasteiger partial charge in [0.1, 0.15) is 5.82 Å². The number of amides is 1. The van der Waals surface area contributed by atoms with Crippen LogP contribution in [0, 0.1) is 0 Å². The maximum absolute atomic E-state index is 13.2. The molecule has 0 aliphatic heterocycles. The van der Waals surface area contributed by atoms with E-state index in [2.05, 4.69) is 15.4 Å². The highest BCUT2D eigenvalue weighted by Gasteiger charge is 2.17. The van der Waals surface area contributed by atoms with Gasteiger partial charge in [-0.25, -0.2) is 9.67 Å². The molecule has 160 valence electrons. The zero-order valence-corrected chi connectivity index (χ0v) is 17.7. The number of nitrogens with zero attached hydrogens (tertiary/aromatic N) is 3. The molecule has 6 nitrogen and oxygen atoms in total. The molecule has 1 N–H and O–H groups in total. The first-order chi connectivity index (χ1) is 16.2. The zero-order valence-electron chi connectivity index (χ0n) is 17.7. The number of benzene rings is 3. The van der Waals surface area contributed by atoms with Crippen LogP contribution in [0.3, 0.4) is 0 Å². The molecule has 33 heavy (non-hydrogen) atoms. The first-order valence-corrected chi connectivity index (χ1v) is 10.6. The maximum Gasteiger partial charge on any atom is 0.277 e. The number of hydrogen-bond donors (Lipinski definition) is 1. The van der Waals surface area contributed by atoms with Gasteiger partial charge in [-0.05, 0) is 29.3 Å². The lowest BCUT2D eigenvalue weighted by Gasteiger charge is -2.11. The van der Waals surface area contributed by atoms with Crippen molar-refractivity contribution in [2.24, 2.45) is 0 Å². The van der Waals surface area contributed by atoms with Crippen LogP contribution in [0.2, 0.25) is 0 Å². The second-order valence-electron chi connectivity index (χ2n) is 7.59. The van der Waals surface area contributed by atoms with Crippen LogP contribution in [0.15, 0.2) is 108 Å². The average molecular weight is 432 g/mol. The van der Waals surface area contributed by atoms with Crippen LogP contribution in [0.5, 0.6) is 0 Å². The summed E-state index contributed by atoms with van der Waals surface area (Å²) >= 11 is 0. The standard InChI is InChI=1S/C27H20N4O2/c32-26(29-24-16-15-21(17-28-24)20-11-5-2-6-12-20)25-22-13-7-8-14-23(22)27(33)31(30-25)18-19-9-3-1-4-10-19/h1-17H,18H2,(H,28,29,32). The summed E-state index contributed by atoms with van der Waals surface area (Å²) in [7, 11) is 0. The summed E-state index contributed by atoms with van der Waals surface area (Å²) in [6.07, 6.45) is 1.72. The van der Waals surface area contributed by atoms with E-state index in [-0.39, 0.29) is 17.8 Å². The van der Waals surface area contributed by atoms with Crippen molar-refractivity contribution in [3.63, 3.8) is 0 Å². The molecule has 0 saturated carbocycles. The monoisotopic (exact) mass is 432 g/mol. The lowest BCUT2D eigenvalue weighted by molar-refractivity contribution is 0.102. The van der Waals surface area contributed by atoms with Gasteiger partial charge in [0.2, 0.25) is 0 Å². The molecule has 3 aromatic carbocycles. The fraction of sp³-hybridized carbons (Fsp3) is 0.0370. The number of anilines is 1. The van der Waals surface area contributed by atoms with E-state index in [9.17, 15) is 9.59 Å². The Labute approximate surface area is 190 Å². The molecule has 0 saturated heterocycles. The molecule has 2 aromatic heterocycles.